The summed E-state index contributed by atoms with van der Waals surface area (Å²) in [5, 5.41) is 4.07. The molecule has 4 aromatic rings. The number of hydrogen-bond acceptors (Lipinski definition) is 3. The van der Waals surface area contributed by atoms with Gasteiger partial charge in [-0.2, -0.15) is 0 Å². The standard InChI is InChI=1S/C23H23N3O2S/c1-24-19-11-12-21-18(19)15-22(16-7-4-3-5-8-16)26(21)29(27,28)23-10-6-9-20-17(23)13-14-25(20)2/h3-10,13-15,19,24H,11-12H2,1-2H3. The van der Waals surface area contributed by atoms with E-state index in [1.165, 1.54) is 0 Å². The molecular formula is C23H23N3O2S. The second-order valence-corrected chi connectivity index (χ2v) is 9.32. The molecule has 0 radical (unpaired) electrons. The maximum atomic E-state index is 14.0. The van der Waals surface area contributed by atoms with Gasteiger partial charge in [0.15, 0.2) is 0 Å². The molecule has 1 aliphatic carbocycles. The van der Waals surface area contributed by atoms with E-state index in [0.717, 1.165) is 46.3 Å². The van der Waals surface area contributed by atoms with Crippen molar-refractivity contribution in [3.05, 3.63) is 78.1 Å². The molecule has 5 rings (SSSR count). The maximum Gasteiger partial charge on any atom is 0.269 e. The van der Waals surface area contributed by atoms with Gasteiger partial charge in [0.05, 0.1) is 10.6 Å². The summed E-state index contributed by atoms with van der Waals surface area (Å²) in [5.74, 6) is 0. The van der Waals surface area contributed by atoms with Crippen LogP contribution in [0.2, 0.25) is 0 Å². The van der Waals surface area contributed by atoms with Gasteiger partial charge in [-0.3, -0.25) is 0 Å². The summed E-state index contributed by atoms with van der Waals surface area (Å²) in [7, 11) is 0.0896. The Bertz CT molecular complexity index is 1320. The Morgan fingerprint density at radius 3 is 2.59 bits per heavy atom. The van der Waals surface area contributed by atoms with Crippen molar-refractivity contribution in [3.63, 3.8) is 0 Å². The SMILES string of the molecule is CNC1CCc2c1cc(-c1ccccc1)n2S(=O)(=O)c1cccc2c1ccn2C. The van der Waals surface area contributed by atoms with E-state index in [1.807, 2.05) is 79.5 Å². The first-order valence-electron chi connectivity index (χ1n) is 9.79. The lowest BCUT2D eigenvalue weighted by molar-refractivity contribution is 0.582. The van der Waals surface area contributed by atoms with Crippen LogP contribution in [0.25, 0.3) is 22.2 Å². The van der Waals surface area contributed by atoms with Gasteiger partial charge < -0.3 is 9.88 Å². The minimum Gasteiger partial charge on any atom is -0.351 e. The van der Waals surface area contributed by atoms with Crippen LogP contribution in [0.5, 0.6) is 0 Å². The van der Waals surface area contributed by atoms with E-state index in [1.54, 1.807) is 10.0 Å². The van der Waals surface area contributed by atoms with Crippen molar-refractivity contribution >= 4 is 20.9 Å². The van der Waals surface area contributed by atoms with E-state index < -0.39 is 10.0 Å². The molecule has 0 saturated carbocycles. The number of aryl methyl sites for hydroxylation is 1. The Balaban J connectivity index is 1.81. The molecule has 2 aromatic carbocycles. The Hall–Kier alpha value is -2.83. The second-order valence-electron chi connectivity index (χ2n) is 7.56. The minimum absolute atomic E-state index is 0.177. The van der Waals surface area contributed by atoms with Crippen LogP contribution in [0.3, 0.4) is 0 Å². The van der Waals surface area contributed by atoms with Gasteiger partial charge in [0, 0.05) is 35.9 Å². The highest BCUT2D eigenvalue weighted by Crippen LogP contribution is 2.40. The van der Waals surface area contributed by atoms with E-state index in [0.29, 0.717) is 4.90 Å². The van der Waals surface area contributed by atoms with Gasteiger partial charge in [-0.15, -0.1) is 0 Å². The zero-order valence-electron chi connectivity index (χ0n) is 16.5. The van der Waals surface area contributed by atoms with Crippen molar-refractivity contribution in [3.8, 4) is 11.3 Å². The summed E-state index contributed by atoms with van der Waals surface area (Å²) >= 11 is 0. The van der Waals surface area contributed by atoms with Crippen LogP contribution in [0.4, 0.5) is 0 Å². The fourth-order valence-corrected chi connectivity index (χ4v) is 6.32. The molecule has 0 spiro atoms. The summed E-state index contributed by atoms with van der Waals surface area (Å²) in [5.41, 5.74) is 4.50. The second kappa shape index (κ2) is 6.61. The minimum atomic E-state index is -3.77. The third-order valence-corrected chi connectivity index (χ3v) is 7.77. The van der Waals surface area contributed by atoms with Crippen molar-refractivity contribution < 1.29 is 8.42 Å². The molecule has 0 bridgehead atoms. The topological polar surface area (TPSA) is 56.0 Å². The number of aromatic nitrogens is 2. The van der Waals surface area contributed by atoms with Gasteiger partial charge in [-0.25, -0.2) is 12.4 Å². The smallest absolute Gasteiger partial charge is 0.269 e. The molecule has 0 amide bonds. The summed E-state index contributed by atoms with van der Waals surface area (Å²) < 4.78 is 31.5. The van der Waals surface area contributed by atoms with Crippen molar-refractivity contribution in [2.24, 2.45) is 7.05 Å². The fourth-order valence-electron chi connectivity index (χ4n) is 4.52. The third kappa shape index (κ3) is 2.67. The van der Waals surface area contributed by atoms with Gasteiger partial charge in [0.25, 0.3) is 10.0 Å². The average Bonchev–Trinajstić information content (AvgIpc) is 3.41. The van der Waals surface area contributed by atoms with Crippen LogP contribution in [0.1, 0.15) is 23.7 Å². The molecule has 6 heteroatoms. The summed E-state index contributed by atoms with van der Waals surface area (Å²) in [6.07, 6.45) is 3.54. The van der Waals surface area contributed by atoms with E-state index in [-0.39, 0.29) is 6.04 Å². The average molecular weight is 406 g/mol. The number of hydrogen-bond donors (Lipinski definition) is 1. The van der Waals surface area contributed by atoms with Crippen LogP contribution in [0.15, 0.2) is 71.8 Å². The first-order chi connectivity index (χ1) is 14.0. The van der Waals surface area contributed by atoms with Gasteiger partial charge in [-0.1, -0.05) is 36.4 Å². The predicted octanol–water partition coefficient (Wildman–Crippen LogP) is 4.09. The molecule has 148 valence electrons. The largest absolute Gasteiger partial charge is 0.351 e. The van der Waals surface area contributed by atoms with Gasteiger partial charge >= 0.3 is 0 Å². The Morgan fingerprint density at radius 1 is 1.03 bits per heavy atom. The molecule has 1 atom stereocenters. The highest BCUT2D eigenvalue weighted by Gasteiger charge is 2.33. The quantitative estimate of drug-likeness (QED) is 0.556. The first-order valence-corrected chi connectivity index (χ1v) is 11.2. The molecule has 0 fully saturated rings. The van der Waals surface area contributed by atoms with Gasteiger partial charge in [-0.05, 0) is 55.3 Å². The first kappa shape index (κ1) is 18.2. The molecule has 2 heterocycles. The predicted molar refractivity (Wildman–Crippen MR) is 115 cm³/mol. The van der Waals surface area contributed by atoms with Crippen LogP contribution in [-0.4, -0.2) is 24.0 Å². The Morgan fingerprint density at radius 2 is 1.83 bits per heavy atom. The fraction of sp³-hybridized carbons (Fsp3) is 0.217. The number of nitrogens with zero attached hydrogens (tertiary/aromatic N) is 2. The van der Waals surface area contributed by atoms with Gasteiger partial charge in [0.2, 0.25) is 0 Å². The zero-order valence-corrected chi connectivity index (χ0v) is 17.3. The Kier molecular flexibility index (Phi) is 4.15. The normalized spacial score (nSPS) is 16.4. The summed E-state index contributed by atoms with van der Waals surface area (Å²) in [6.45, 7) is 0. The number of nitrogens with one attached hydrogen (secondary N) is 1. The lowest BCUT2D eigenvalue weighted by atomic mass is 10.1. The maximum absolute atomic E-state index is 14.0. The lowest BCUT2D eigenvalue weighted by Crippen LogP contribution is -2.17. The zero-order chi connectivity index (χ0) is 20.2. The van der Waals surface area contributed by atoms with E-state index in [4.69, 9.17) is 0 Å². The van der Waals surface area contributed by atoms with Crippen LogP contribution < -0.4 is 5.32 Å². The van der Waals surface area contributed by atoms with E-state index in [2.05, 4.69) is 5.32 Å². The van der Waals surface area contributed by atoms with Gasteiger partial charge in [0.1, 0.15) is 0 Å². The molecule has 0 saturated heterocycles. The number of rotatable bonds is 4. The molecule has 1 unspecified atom stereocenters. The number of fused-ring (bicyclic) bond motifs is 2. The van der Waals surface area contributed by atoms with Crippen LogP contribution in [0, 0.1) is 0 Å². The van der Waals surface area contributed by atoms with E-state index >= 15 is 0 Å². The van der Waals surface area contributed by atoms with Crippen LogP contribution >= 0.6 is 0 Å². The van der Waals surface area contributed by atoms with Crippen molar-refractivity contribution in [2.75, 3.05) is 7.05 Å². The highest BCUT2D eigenvalue weighted by molar-refractivity contribution is 7.90. The number of benzene rings is 2. The molecule has 29 heavy (non-hydrogen) atoms. The van der Waals surface area contributed by atoms with Crippen LogP contribution in [-0.2, 0) is 23.5 Å². The van der Waals surface area contributed by atoms with Crippen molar-refractivity contribution in [1.82, 2.24) is 13.9 Å². The molecular weight excluding hydrogens is 382 g/mol. The lowest BCUT2D eigenvalue weighted by Gasteiger charge is -2.15. The summed E-state index contributed by atoms with van der Waals surface area (Å²) in [6, 6.07) is 19.3. The molecule has 0 aliphatic heterocycles. The molecule has 1 aliphatic rings. The molecule has 2 aromatic heterocycles. The molecule has 1 N–H and O–H groups in total. The van der Waals surface area contributed by atoms with E-state index in [9.17, 15) is 8.42 Å². The summed E-state index contributed by atoms with van der Waals surface area (Å²) in [4.78, 5) is 0.346. The Labute approximate surface area is 170 Å². The van der Waals surface area contributed by atoms with Crippen molar-refractivity contribution in [2.45, 2.75) is 23.8 Å². The molecule has 5 nitrogen and oxygen atoms in total. The third-order valence-electron chi connectivity index (χ3n) is 5.96. The monoisotopic (exact) mass is 405 g/mol. The van der Waals surface area contributed by atoms with Crippen molar-refractivity contribution in [1.29, 1.82) is 0 Å². The highest BCUT2D eigenvalue weighted by atomic mass is 32.2.